The fourth-order valence-corrected chi connectivity index (χ4v) is 3.40. The van der Waals surface area contributed by atoms with Crippen LogP contribution in [0.15, 0.2) is 72.8 Å². The SMILES string of the molecule is COCCOc1ccccc1C(=O)NCc1ccccc1-c1ccc(CN(C)C)cc1. The smallest absolute Gasteiger partial charge is 0.255 e. The molecule has 1 N–H and O–H groups in total. The molecule has 0 bridgehead atoms. The van der Waals surface area contributed by atoms with E-state index in [1.807, 2.05) is 30.3 Å². The highest BCUT2D eigenvalue weighted by Crippen LogP contribution is 2.25. The standard InChI is InChI=1S/C26H30N2O3/c1-28(2)19-20-12-14-21(15-13-20)23-9-5-4-8-22(23)18-27-26(29)24-10-6-7-11-25(24)31-17-16-30-3/h4-15H,16-19H2,1-3H3,(H,27,29). The first-order valence-corrected chi connectivity index (χ1v) is 10.4. The lowest BCUT2D eigenvalue weighted by molar-refractivity contribution is 0.0943. The predicted molar refractivity (Wildman–Crippen MR) is 124 cm³/mol. The Bertz CT molecular complexity index is 984. The molecule has 31 heavy (non-hydrogen) atoms. The molecule has 5 heteroatoms. The van der Waals surface area contributed by atoms with Gasteiger partial charge in [-0.1, -0.05) is 60.7 Å². The van der Waals surface area contributed by atoms with E-state index in [2.05, 4.69) is 54.6 Å². The van der Waals surface area contributed by atoms with Crippen LogP contribution in [0.5, 0.6) is 5.75 Å². The molecule has 0 fully saturated rings. The van der Waals surface area contributed by atoms with Crippen molar-refractivity contribution in [2.24, 2.45) is 0 Å². The molecule has 0 aliphatic heterocycles. The van der Waals surface area contributed by atoms with Gasteiger partial charge in [0.1, 0.15) is 12.4 Å². The molecule has 3 aromatic rings. The van der Waals surface area contributed by atoms with E-state index in [1.54, 1.807) is 19.2 Å². The number of amides is 1. The van der Waals surface area contributed by atoms with Crippen LogP contribution in [-0.2, 0) is 17.8 Å². The molecular formula is C26H30N2O3. The van der Waals surface area contributed by atoms with Crippen LogP contribution < -0.4 is 10.1 Å². The summed E-state index contributed by atoms with van der Waals surface area (Å²) in [4.78, 5) is 15.0. The average molecular weight is 419 g/mol. The van der Waals surface area contributed by atoms with E-state index in [0.717, 1.165) is 23.2 Å². The lowest BCUT2D eigenvalue weighted by Crippen LogP contribution is -2.24. The Morgan fingerprint density at radius 2 is 1.61 bits per heavy atom. The van der Waals surface area contributed by atoms with E-state index in [0.29, 0.717) is 31.1 Å². The second-order valence-electron chi connectivity index (χ2n) is 7.61. The zero-order valence-corrected chi connectivity index (χ0v) is 18.4. The summed E-state index contributed by atoms with van der Waals surface area (Å²) in [6, 6.07) is 24.0. The number of rotatable bonds is 10. The van der Waals surface area contributed by atoms with E-state index in [-0.39, 0.29) is 5.91 Å². The fraction of sp³-hybridized carbons (Fsp3) is 0.269. The van der Waals surface area contributed by atoms with E-state index in [9.17, 15) is 4.79 Å². The predicted octanol–water partition coefficient (Wildman–Crippen LogP) is 4.37. The Morgan fingerprint density at radius 3 is 2.35 bits per heavy atom. The van der Waals surface area contributed by atoms with Crippen molar-refractivity contribution >= 4 is 5.91 Å². The van der Waals surface area contributed by atoms with Crippen LogP contribution in [0.4, 0.5) is 0 Å². The summed E-state index contributed by atoms with van der Waals surface area (Å²) < 4.78 is 10.7. The summed E-state index contributed by atoms with van der Waals surface area (Å²) in [5.41, 5.74) is 5.10. The maximum atomic E-state index is 12.8. The lowest BCUT2D eigenvalue weighted by Gasteiger charge is -2.14. The first-order valence-electron chi connectivity index (χ1n) is 10.4. The van der Waals surface area contributed by atoms with E-state index in [4.69, 9.17) is 9.47 Å². The molecule has 0 aromatic heterocycles. The third kappa shape index (κ3) is 6.41. The molecule has 3 aromatic carbocycles. The molecule has 1 amide bonds. The van der Waals surface area contributed by atoms with Gasteiger partial charge in [0.25, 0.3) is 5.91 Å². The van der Waals surface area contributed by atoms with Gasteiger partial charge in [0.15, 0.2) is 0 Å². The second kappa shape index (κ2) is 11.3. The van der Waals surface area contributed by atoms with Crippen molar-refractivity contribution in [3.05, 3.63) is 89.5 Å². The Morgan fingerprint density at radius 1 is 0.903 bits per heavy atom. The molecule has 0 spiro atoms. The van der Waals surface area contributed by atoms with Crippen molar-refractivity contribution in [2.45, 2.75) is 13.1 Å². The molecule has 0 saturated heterocycles. The number of nitrogens with zero attached hydrogens (tertiary/aromatic N) is 1. The summed E-state index contributed by atoms with van der Waals surface area (Å²) in [7, 11) is 5.74. The van der Waals surface area contributed by atoms with Gasteiger partial charge in [0.05, 0.1) is 12.2 Å². The van der Waals surface area contributed by atoms with Gasteiger partial charge < -0.3 is 19.7 Å². The van der Waals surface area contributed by atoms with Crippen LogP contribution >= 0.6 is 0 Å². The molecule has 0 heterocycles. The lowest BCUT2D eigenvalue weighted by atomic mass is 9.98. The maximum absolute atomic E-state index is 12.8. The number of nitrogens with one attached hydrogen (secondary N) is 1. The molecule has 3 rings (SSSR count). The Kier molecular flexibility index (Phi) is 8.21. The quantitative estimate of drug-likeness (QED) is 0.497. The molecule has 0 aliphatic rings. The van der Waals surface area contributed by atoms with Gasteiger partial charge in [-0.15, -0.1) is 0 Å². The van der Waals surface area contributed by atoms with Gasteiger partial charge >= 0.3 is 0 Å². The highest BCUT2D eigenvalue weighted by molar-refractivity contribution is 5.97. The Balaban J connectivity index is 1.71. The summed E-state index contributed by atoms with van der Waals surface area (Å²) in [6.07, 6.45) is 0. The largest absolute Gasteiger partial charge is 0.490 e. The summed E-state index contributed by atoms with van der Waals surface area (Å²) in [5, 5.41) is 3.04. The van der Waals surface area contributed by atoms with Crippen molar-refractivity contribution in [1.82, 2.24) is 10.2 Å². The van der Waals surface area contributed by atoms with E-state index < -0.39 is 0 Å². The average Bonchev–Trinajstić information content (AvgIpc) is 2.78. The second-order valence-corrected chi connectivity index (χ2v) is 7.61. The number of carbonyl (C=O) groups excluding carboxylic acids is 1. The van der Waals surface area contributed by atoms with Crippen LogP contribution in [0.2, 0.25) is 0 Å². The Hall–Kier alpha value is -3.15. The molecule has 0 radical (unpaired) electrons. The monoisotopic (exact) mass is 418 g/mol. The number of para-hydroxylation sites is 1. The number of hydrogen-bond donors (Lipinski definition) is 1. The normalized spacial score (nSPS) is 10.8. The van der Waals surface area contributed by atoms with Crippen molar-refractivity contribution in [2.75, 3.05) is 34.4 Å². The Labute approximate surface area is 184 Å². The van der Waals surface area contributed by atoms with Gasteiger partial charge in [-0.3, -0.25) is 4.79 Å². The van der Waals surface area contributed by atoms with Gasteiger partial charge in [0.2, 0.25) is 0 Å². The molecule has 5 nitrogen and oxygen atoms in total. The number of methoxy groups -OCH3 is 1. The molecule has 162 valence electrons. The molecule has 0 unspecified atom stereocenters. The van der Waals surface area contributed by atoms with Crippen LogP contribution in [-0.4, -0.2) is 45.2 Å². The highest BCUT2D eigenvalue weighted by atomic mass is 16.5. The first-order chi connectivity index (χ1) is 15.1. The van der Waals surface area contributed by atoms with Crippen molar-refractivity contribution in [3.63, 3.8) is 0 Å². The minimum Gasteiger partial charge on any atom is -0.490 e. The fourth-order valence-electron chi connectivity index (χ4n) is 3.40. The van der Waals surface area contributed by atoms with Crippen molar-refractivity contribution in [1.29, 1.82) is 0 Å². The van der Waals surface area contributed by atoms with E-state index >= 15 is 0 Å². The highest BCUT2D eigenvalue weighted by Gasteiger charge is 2.13. The van der Waals surface area contributed by atoms with Crippen LogP contribution in [0, 0.1) is 0 Å². The topological polar surface area (TPSA) is 50.8 Å². The summed E-state index contributed by atoms with van der Waals surface area (Å²) in [6.45, 7) is 2.20. The molecule has 0 saturated carbocycles. The van der Waals surface area contributed by atoms with Gasteiger partial charge in [0, 0.05) is 20.2 Å². The van der Waals surface area contributed by atoms with Crippen LogP contribution in [0.25, 0.3) is 11.1 Å². The summed E-state index contributed by atoms with van der Waals surface area (Å²) in [5.74, 6) is 0.394. The zero-order valence-electron chi connectivity index (χ0n) is 18.4. The maximum Gasteiger partial charge on any atom is 0.255 e. The molecule has 0 atom stereocenters. The van der Waals surface area contributed by atoms with Crippen LogP contribution in [0.3, 0.4) is 0 Å². The van der Waals surface area contributed by atoms with Crippen molar-refractivity contribution < 1.29 is 14.3 Å². The number of ether oxygens (including phenoxy) is 2. The van der Waals surface area contributed by atoms with E-state index in [1.165, 1.54) is 5.56 Å². The third-order valence-electron chi connectivity index (χ3n) is 4.90. The minimum absolute atomic E-state index is 0.163. The first kappa shape index (κ1) is 22.5. The summed E-state index contributed by atoms with van der Waals surface area (Å²) >= 11 is 0. The van der Waals surface area contributed by atoms with Gasteiger partial charge in [-0.2, -0.15) is 0 Å². The number of carbonyl (C=O) groups is 1. The van der Waals surface area contributed by atoms with Crippen LogP contribution in [0.1, 0.15) is 21.5 Å². The third-order valence-corrected chi connectivity index (χ3v) is 4.90. The number of hydrogen-bond acceptors (Lipinski definition) is 4. The van der Waals surface area contributed by atoms with Gasteiger partial charge in [-0.05, 0) is 48.5 Å². The molecular weight excluding hydrogens is 388 g/mol. The van der Waals surface area contributed by atoms with Gasteiger partial charge in [-0.25, -0.2) is 0 Å². The van der Waals surface area contributed by atoms with Crippen molar-refractivity contribution in [3.8, 4) is 16.9 Å². The molecule has 0 aliphatic carbocycles. The zero-order chi connectivity index (χ0) is 22.1. The number of benzene rings is 3. The minimum atomic E-state index is -0.163.